The highest BCUT2D eigenvalue weighted by Crippen LogP contribution is 2.37. The van der Waals surface area contributed by atoms with Crippen LogP contribution in [0.15, 0.2) is 23.2 Å². The molecule has 1 aliphatic rings. The maximum atomic E-state index is 5.67. The van der Waals surface area contributed by atoms with E-state index in [0.29, 0.717) is 6.61 Å². The van der Waals surface area contributed by atoms with Gasteiger partial charge in [0, 0.05) is 12.0 Å². The van der Waals surface area contributed by atoms with Crippen molar-refractivity contribution in [1.29, 1.82) is 0 Å². The lowest BCUT2D eigenvalue weighted by Gasteiger charge is -2.30. The molecule has 0 amide bonds. The first-order chi connectivity index (χ1) is 7.00. The number of rotatable bonds is 4. The molecular formula is C13H22O2. The van der Waals surface area contributed by atoms with Crippen molar-refractivity contribution in [2.75, 3.05) is 13.2 Å². The van der Waals surface area contributed by atoms with E-state index in [4.69, 9.17) is 9.47 Å². The molecule has 0 radical (unpaired) electrons. The minimum Gasteiger partial charge on any atom is -0.498 e. The van der Waals surface area contributed by atoms with Gasteiger partial charge in [-0.15, -0.1) is 0 Å². The second-order valence-electron chi connectivity index (χ2n) is 4.59. The van der Waals surface area contributed by atoms with E-state index in [2.05, 4.69) is 26.8 Å². The Morgan fingerprint density at radius 1 is 1.20 bits per heavy atom. The summed E-state index contributed by atoms with van der Waals surface area (Å²) in [6.45, 7) is 11.9. The Bertz CT molecular complexity index is 285. The first-order valence-electron chi connectivity index (χ1n) is 5.68. The topological polar surface area (TPSA) is 18.5 Å². The van der Waals surface area contributed by atoms with Crippen LogP contribution in [0.3, 0.4) is 0 Å². The van der Waals surface area contributed by atoms with Crippen molar-refractivity contribution in [3.63, 3.8) is 0 Å². The molecule has 0 saturated heterocycles. The van der Waals surface area contributed by atoms with Crippen LogP contribution in [-0.4, -0.2) is 13.2 Å². The van der Waals surface area contributed by atoms with Gasteiger partial charge >= 0.3 is 0 Å². The second-order valence-corrected chi connectivity index (χ2v) is 4.59. The predicted molar refractivity (Wildman–Crippen MR) is 62.4 cm³/mol. The van der Waals surface area contributed by atoms with Gasteiger partial charge in [-0.05, 0) is 32.3 Å². The fourth-order valence-electron chi connectivity index (χ4n) is 1.84. The summed E-state index contributed by atoms with van der Waals surface area (Å²) < 4.78 is 11.3. The molecule has 15 heavy (non-hydrogen) atoms. The van der Waals surface area contributed by atoms with Gasteiger partial charge < -0.3 is 9.47 Å². The predicted octanol–water partition coefficient (Wildman–Crippen LogP) is 3.65. The van der Waals surface area contributed by atoms with Gasteiger partial charge in [0.15, 0.2) is 0 Å². The van der Waals surface area contributed by atoms with E-state index in [1.54, 1.807) is 0 Å². The van der Waals surface area contributed by atoms with E-state index < -0.39 is 0 Å². The first kappa shape index (κ1) is 12.2. The third-order valence-electron chi connectivity index (χ3n) is 2.54. The van der Waals surface area contributed by atoms with Gasteiger partial charge in [0.1, 0.15) is 11.5 Å². The molecular weight excluding hydrogens is 188 g/mol. The van der Waals surface area contributed by atoms with E-state index in [1.807, 2.05) is 13.8 Å². The van der Waals surface area contributed by atoms with Crippen molar-refractivity contribution in [3.05, 3.63) is 23.2 Å². The zero-order valence-corrected chi connectivity index (χ0v) is 10.5. The van der Waals surface area contributed by atoms with E-state index in [0.717, 1.165) is 30.1 Å². The van der Waals surface area contributed by atoms with Gasteiger partial charge in [-0.1, -0.05) is 13.8 Å². The molecule has 0 bridgehead atoms. The summed E-state index contributed by atoms with van der Waals surface area (Å²) in [6, 6.07) is 0. The second kappa shape index (κ2) is 4.73. The van der Waals surface area contributed by atoms with Crippen LogP contribution in [0.25, 0.3) is 0 Å². The summed E-state index contributed by atoms with van der Waals surface area (Å²) in [5.41, 5.74) is 1.28. The molecule has 0 N–H and O–H groups in total. The van der Waals surface area contributed by atoms with Crippen LogP contribution in [0.4, 0.5) is 0 Å². The lowest BCUT2D eigenvalue weighted by Crippen LogP contribution is -2.18. The van der Waals surface area contributed by atoms with Gasteiger partial charge in [-0.2, -0.15) is 0 Å². The third kappa shape index (κ3) is 3.01. The van der Waals surface area contributed by atoms with Gasteiger partial charge in [0.2, 0.25) is 0 Å². The standard InChI is InChI=1S/C13H22O2/c1-6-14-11-8-13(4,5)9-12(10(11)3)15-7-2/h8H,6-7,9H2,1-5H3. The Balaban J connectivity index is 2.95. The fourth-order valence-corrected chi connectivity index (χ4v) is 1.84. The molecule has 1 aliphatic carbocycles. The van der Waals surface area contributed by atoms with Crippen LogP contribution < -0.4 is 0 Å². The van der Waals surface area contributed by atoms with E-state index in [-0.39, 0.29) is 5.41 Å². The number of hydrogen-bond donors (Lipinski definition) is 0. The molecule has 0 unspecified atom stereocenters. The minimum absolute atomic E-state index is 0.133. The first-order valence-corrected chi connectivity index (χ1v) is 5.68. The molecule has 0 heterocycles. The Hall–Kier alpha value is -0.920. The van der Waals surface area contributed by atoms with Crippen molar-refractivity contribution >= 4 is 0 Å². The van der Waals surface area contributed by atoms with Crippen LogP contribution in [0.2, 0.25) is 0 Å². The van der Waals surface area contributed by atoms with Crippen molar-refractivity contribution in [2.45, 2.75) is 41.0 Å². The minimum atomic E-state index is 0.133. The highest BCUT2D eigenvalue weighted by Gasteiger charge is 2.27. The van der Waals surface area contributed by atoms with E-state index in [1.165, 1.54) is 0 Å². The summed E-state index contributed by atoms with van der Waals surface area (Å²) in [7, 11) is 0. The molecule has 0 spiro atoms. The Labute approximate surface area is 93.0 Å². The van der Waals surface area contributed by atoms with Gasteiger partial charge in [0.05, 0.1) is 13.2 Å². The van der Waals surface area contributed by atoms with Crippen LogP contribution in [0, 0.1) is 5.41 Å². The molecule has 2 nitrogen and oxygen atoms in total. The molecule has 0 aliphatic heterocycles. The van der Waals surface area contributed by atoms with E-state index >= 15 is 0 Å². The number of hydrogen-bond acceptors (Lipinski definition) is 2. The van der Waals surface area contributed by atoms with Crippen LogP contribution in [0.5, 0.6) is 0 Å². The Morgan fingerprint density at radius 2 is 1.80 bits per heavy atom. The van der Waals surface area contributed by atoms with Crippen LogP contribution >= 0.6 is 0 Å². The average molecular weight is 210 g/mol. The summed E-state index contributed by atoms with van der Waals surface area (Å²) >= 11 is 0. The average Bonchev–Trinajstić information content (AvgIpc) is 2.13. The highest BCUT2D eigenvalue weighted by atomic mass is 16.5. The molecule has 0 aromatic rings. The zero-order chi connectivity index (χ0) is 11.5. The zero-order valence-electron chi connectivity index (χ0n) is 10.5. The lowest BCUT2D eigenvalue weighted by molar-refractivity contribution is 0.171. The third-order valence-corrected chi connectivity index (χ3v) is 2.54. The molecule has 2 heteroatoms. The molecule has 86 valence electrons. The number of allylic oxidation sites excluding steroid dienone is 3. The summed E-state index contributed by atoms with van der Waals surface area (Å²) in [5, 5.41) is 0. The van der Waals surface area contributed by atoms with Crippen molar-refractivity contribution < 1.29 is 9.47 Å². The normalized spacial score (nSPS) is 19.9. The summed E-state index contributed by atoms with van der Waals surface area (Å²) in [6.07, 6.45) is 3.16. The SMILES string of the molecule is CCOC1=CC(C)(C)CC(OCC)=C1C. The largest absolute Gasteiger partial charge is 0.498 e. The summed E-state index contributed by atoms with van der Waals surface area (Å²) in [5.74, 6) is 2.06. The van der Waals surface area contributed by atoms with Crippen molar-refractivity contribution in [1.82, 2.24) is 0 Å². The van der Waals surface area contributed by atoms with Crippen LogP contribution in [-0.2, 0) is 9.47 Å². The molecule has 0 aromatic carbocycles. The molecule has 0 aromatic heterocycles. The van der Waals surface area contributed by atoms with Crippen molar-refractivity contribution in [3.8, 4) is 0 Å². The molecule has 0 fully saturated rings. The smallest absolute Gasteiger partial charge is 0.122 e. The molecule has 0 atom stereocenters. The lowest BCUT2D eigenvalue weighted by atomic mass is 9.82. The number of ether oxygens (including phenoxy) is 2. The Morgan fingerprint density at radius 3 is 2.33 bits per heavy atom. The van der Waals surface area contributed by atoms with Crippen LogP contribution in [0.1, 0.15) is 41.0 Å². The highest BCUT2D eigenvalue weighted by molar-refractivity contribution is 5.33. The Kier molecular flexibility index (Phi) is 3.83. The quantitative estimate of drug-likeness (QED) is 0.705. The van der Waals surface area contributed by atoms with Gasteiger partial charge in [0.25, 0.3) is 0 Å². The maximum absolute atomic E-state index is 5.67. The van der Waals surface area contributed by atoms with Gasteiger partial charge in [-0.25, -0.2) is 0 Å². The monoisotopic (exact) mass is 210 g/mol. The summed E-state index contributed by atoms with van der Waals surface area (Å²) in [4.78, 5) is 0. The van der Waals surface area contributed by atoms with Crippen molar-refractivity contribution in [2.24, 2.45) is 5.41 Å². The van der Waals surface area contributed by atoms with Gasteiger partial charge in [-0.3, -0.25) is 0 Å². The van der Waals surface area contributed by atoms with E-state index in [9.17, 15) is 0 Å². The maximum Gasteiger partial charge on any atom is 0.122 e. The molecule has 0 saturated carbocycles. The molecule has 1 rings (SSSR count). The fraction of sp³-hybridized carbons (Fsp3) is 0.692.